The summed E-state index contributed by atoms with van der Waals surface area (Å²) in [6, 6.07) is 0.0110. The highest BCUT2D eigenvalue weighted by molar-refractivity contribution is 7.91. The van der Waals surface area contributed by atoms with Gasteiger partial charge in [-0.3, -0.25) is 0 Å². The molecule has 1 fully saturated rings. The molecule has 0 bridgehead atoms. The van der Waals surface area contributed by atoms with E-state index in [0.717, 1.165) is 0 Å². The lowest BCUT2D eigenvalue weighted by Crippen LogP contribution is -2.30. The molecule has 0 aromatic carbocycles. The molecular formula is C10H17NO4S. The zero-order valence-electron chi connectivity index (χ0n) is 9.31. The first-order chi connectivity index (χ1) is 7.53. The van der Waals surface area contributed by atoms with Crippen LogP contribution in [0.25, 0.3) is 0 Å². The maximum absolute atomic E-state index is 11.1. The van der Waals surface area contributed by atoms with Crippen LogP contribution in [0.5, 0.6) is 0 Å². The second-order valence-electron chi connectivity index (χ2n) is 3.66. The Labute approximate surface area is 95.8 Å². The Morgan fingerprint density at radius 2 is 2.31 bits per heavy atom. The van der Waals surface area contributed by atoms with Crippen molar-refractivity contribution in [2.75, 3.05) is 24.7 Å². The fraction of sp³-hybridized carbons (Fsp3) is 0.700. The van der Waals surface area contributed by atoms with Gasteiger partial charge in [-0.05, 0) is 13.3 Å². The minimum atomic E-state index is -2.84. The molecule has 0 spiro atoms. The highest BCUT2D eigenvalue weighted by Gasteiger charge is 2.26. The van der Waals surface area contributed by atoms with Crippen LogP contribution in [-0.2, 0) is 19.4 Å². The van der Waals surface area contributed by atoms with Crippen LogP contribution in [0.2, 0.25) is 0 Å². The van der Waals surface area contributed by atoms with Crippen molar-refractivity contribution in [2.45, 2.75) is 19.4 Å². The van der Waals surface area contributed by atoms with E-state index in [-0.39, 0.29) is 23.5 Å². The summed E-state index contributed by atoms with van der Waals surface area (Å²) in [4.78, 5) is 10.9. The predicted molar refractivity (Wildman–Crippen MR) is 60.8 cm³/mol. The molecule has 92 valence electrons. The molecule has 1 rings (SSSR count). The lowest BCUT2D eigenvalue weighted by atomic mass is 10.2. The van der Waals surface area contributed by atoms with E-state index < -0.39 is 9.84 Å². The summed E-state index contributed by atoms with van der Waals surface area (Å²) in [5.74, 6) is 0.0790. The smallest absolute Gasteiger partial charge is 0.330 e. The van der Waals surface area contributed by atoms with Crippen LogP contribution in [0, 0.1) is 0 Å². The van der Waals surface area contributed by atoms with E-state index in [9.17, 15) is 13.2 Å². The third kappa shape index (κ3) is 4.76. The molecule has 0 aliphatic carbocycles. The largest absolute Gasteiger partial charge is 0.463 e. The standard InChI is InChI=1S/C10H17NO4S/c1-2-15-10(12)4-3-6-11-9-5-7-16(13,14)8-9/h3-4,9,11H,2,5-8H2,1H3/b4-3+. The summed E-state index contributed by atoms with van der Waals surface area (Å²) in [6.45, 7) is 2.59. The predicted octanol–water partition coefficient (Wildman–Crippen LogP) is -0.118. The zero-order chi connectivity index (χ0) is 12.0. The Kier molecular flexibility index (Phi) is 4.95. The van der Waals surface area contributed by atoms with E-state index in [2.05, 4.69) is 5.32 Å². The van der Waals surface area contributed by atoms with Crippen molar-refractivity contribution >= 4 is 15.8 Å². The van der Waals surface area contributed by atoms with Gasteiger partial charge in [0.15, 0.2) is 9.84 Å². The number of nitrogens with one attached hydrogen (secondary N) is 1. The Morgan fingerprint density at radius 1 is 1.56 bits per heavy atom. The van der Waals surface area contributed by atoms with Gasteiger partial charge in [-0.1, -0.05) is 6.08 Å². The number of esters is 1. The van der Waals surface area contributed by atoms with Gasteiger partial charge in [0.1, 0.15) is 0 Å². The third-order valence-corrected chi connectivity index (χ3v) is 4.07. The normalized spacial score (nSPS) is 23.7. The molecular weight excluding hydrogens is 230 g/mol. The van der Waals surface area contributed by atoms with Crippen molar-refractivity contribution in [1.29, 1.82) is 0 Å². The summed E-state index contributed by atoms with van der Waals surface area (Å²) in [5, 5.41) is 3.06. The number of carbonyl (C=O) groups is 1. The lowest BCUT2D eigenvalue weighted by molar-refractivity contribution is -0.137. The molecule has 6 heteroatoms. The molecule has 5 nitrogen and oxygen atoms in total. The van der Waals surface area contributed by atoms with Crippen molar-refractivity contribution in [3.8, 4) is 0 Å². The summed E-state index contributed by atoms with van der Waals surface area (Å²) in [6.07, 6.45) is 3.64. The monoisotopic (exact) mass is 247 g/mol. The summed E-state index contributed by atoms with van der Waals surface area (Å²) in [7, 11) is -2.84. The third-order valence-electron chi connectivity index (χ3n) is 2.30. The molecule has 1 heterocycles. The van der Waals surface area contributed by atoms with E-state index in [1.807, 2.05) is 0 Å². The molecule has 1 atom stereocenters. The average molecular weight is 247 g/mol. The van der Waals surface area contributed by atoms with Crippen molar-refractivity contribution in [1.82, 2.24) is 5.32 Å². The minimum Gasteiger partial charge on any atom is -0.463 e. The van der Waals surface area contributed by atoms with Crippen LogP contribution in [0.15, 0.2) is 12.2 Å². The number of sulfone groups is 1. The van der Waals surface area contributed by atoms with Gasteiger partial charge < -0.3 is 10.1 Å². The highest BCUT2D eigenvalue weighted by atomic mass is 32.2. The topological polar surface area (TPSA) is 72.5 Å². The molecule has 0 aromatic rings. The Hall–Kier alpha value is -0.880. The summed E-state index contributed by atoms with van der Waals surface area (Å²) < 4.78 is 27.0. The first-order valence-corrected chi connectivity index (χ1v) is 7.13. The molecule has 0 amide bonds. The van der Waals surface area contributed by atoms with Gasteiger partial charge in [-0.2, -0.15) is 0 Å². The van der Waals surface area contributed by atoms with Crippen molar-refractivity contribution < 1.29 is 17.9 Å². The molecule has 1 unspecified atom stereocenters. The van der Waals surface area contributed by atoms with Gasteiger partial charge in [0.2, 0.25) is 0 Å². The quantitative estimate of drug-likeness (QED) is 0.542. The fourth-order valence-electron chi connectivity index (χ4n) is 1.54. The second kappa shape index (κ2) is 6.00. The van der Waals surface area contributed by atoms with Gasteiger partial charge in [-0.15, -0.1) is 0 Å². The van der Waals surface area contributed by atoms with Gasteiger partial charge in [0, 0.05) is 18.7 Å². The highest BCUT2D eigenvalue weighted by Crippen LogP contribution is 2.10. The number of ether oxygens (including phenoxy) is 1. The lowest BCUT2D eigenvalue weighted by Gasteiger charge is -2.07. The Bertz CT molecular complexity index is 361. The van der Waals surface area contributed by atoms with E-state index >= 15 is 0 Å². The van der Waals surface area contributed by atoms with Crippen LogP contribution in [0.1, 0.15) is 13.3 Å². The first-order valence-electron chi connectivity index (χ1n) is 5.30. The fourth-order valence-corrected chi connectivity index (χ4v) is 3.24. The average Bonchev–Trinajstić information content (AvgIpc) is 2.54. The van der Waals surface area contributed by atoms with Crippen molar-refractivity contribution in [3.63, 3.8) is 0 Å². The van der Waals surface area contributed by atoms with Crippen LogP contribution < -0.4 is 5.32 Å². The summed E-state index contributed by atoms with van der Waals surface area (Å²) >= 11 is 0. The molecule has 0 saturated carbocycles. The van der Waals surface area contributed by atoms with Crippen LogP contribution >= 0.6 is 0 Å². The van der Waals surface area contributed by atoms with Gasteiger partial charge in [-0.25, -0.2) is 13.2 Å². The van der Waals surface area contributed by atoms with E-state index in [1.54, 1.807) is 13.0 Å². The van der Waals surface area contributed by atoms with Crippen LogP contribution in [0.4, 0.5) is 0 Å². The maximum Gasteiger partial charge on any atom is 0.330 e. The summed E-state index contributed by atoms with van der Waals surface area (Å²) in [5.41, 5.74) is 0. The molecule has 16 heavy (non-hydrogen) atoms. The molecule has 1 aliphatic rings. The molecule has 1 aliphatic heterocycles. The van der Waals surface area contributed by atoms with Crippen LogP contribution in [0.3, 0.4) is 0 Å². The maximum atomic E-state index is 11.1. The van der Waals surface area contributed by atoms with Crippen molar-refractivity contribution in [3.05, 3.63) is 12.2 Å². The number of carbonyl (C=O) groups excluding carboxylic acids is 1. The van der Waals surface area contributed by atoms with Gasteiger partial charge in [0.05, 0.1) is 18.1 Å². The van der Waals surface area contributed by atoms with Gasteiger partial charge >= 0.3 is 5.97 Å². The van der Waals surface area contributed by atoms with Crippen LogP contribution in [-0.4, -0.2) is 45.1 Å². The zero-order valence-corrected chi connectivity index (χ0v) is 10.1. The van der Waals surface area contributed by atoms with Gasteiger partial charge in [0.25, 0.3) is 0 Å². The van der Waals surface area contributed by atoms with E-state index in [1.165, 1.54) is 6.08 Å². The Morgan fingerprint density at radius 3 is 2.88 bits per heavy atom. The molecule has 0 aromatic heterocycles. The molecule has 1 saturated heterocycles. The van der Waals surface area contributed by atoms with E-state index in [4.69, 9.17) is 4.74 Å². The SMILES string of the molecule is CCOC(=O)/C=C/CNC1CCS(=O)(=O)C1. The first kappa shape index (κ1) is 13.2. The number of rotatable bonds is 5. The molecule has 1 N–H and O–H groups in total. The van der Waals surface area contributed by atoms with E-state index in [0.29, 0.717) is 19.6 Å². The number of hydrogen-bond acceptors (Lipinski definition) is 5. The Balaban J connectivity index is 2.19. The second-order valence-corrected chi connectivity index (χ2v) is 5.89. The minimum absolute atomic E-state index is 0.0110. The number of hydrogen-bond donors (Lipinski definition) is 1. The molecule has 0 radical (unpaired) electrons. The van der Waals surface area contributed by atoms with Crippen molar-refractivity contribution in [2.24, 2.45) is 0 Å².